The number of rotatable bonds is 3. The van der Waals surface area contributed by atoms with Gasteiger partial charge in [0.15, 0.2) is 6.04 Å². The number of alkyl carbamates (subject to hydrolysis) is 1. The second-order valence-electron chi connectivity index (χ2n) is 7.47. The molecule has 5 nitrogen and oxygen atoms in total. The van der Waals surface area contributed by atoms with Crippen LogP contribution >= 0.6 is 0 Å². The van der Waals surface area contributed by atoms with Gasteiger partial charge in [0.2, 0.25) is 0 Å². The Labute approximate surface area is 138 Å². The predicted octanol–water partition coefficient (Wildman–Crippen LogP) is 3.90. The molecule has 0 heterocycles. The van der Waals surface area contributed by atoms with Crippen LogP contribution in [0.25, 0.3) is 0 Å². The van der Waals surface area contributed by atoms with Crippen LogP contribution in [0, 0.1) is 6.92 Å². The second-order valence-corrected chi connectivity index (χ2v) is 7.47. The summed E-state index contributed by atoms with van der Waals surface area (Å²) in [6.45, 7) is 12.5. The summed E-state index contributed by atoms with van der Waals surface area (Å²) in [6.07, 6.45) is -0.656. The Morgan fingerprint density at radius 1 is 0.957 bits per heavy atom. The molecule has 128 valence electrons. The first-order valence-electron chi connectivity index (χ1n) is 7.67. The first-order chi connectivity index (χ1) is 10.4. The summed E-state index contributed by atoms with van der Waals surface area (Å²) in [5.74, 6) is -0.516. The van der Waals surface area contributed by atoms with E-state index in [-0.39, 0.29) is 0 Å². The third-order valence-electron chi connectivity index (χ3n) is 2.80. The number of ether oxygens (including phenoxy) is 2. The number of benzene rings is 1. The number of carbonyl (C=O) groups is 2. The van der Waals surface area contributed by atoms with Crippen molar-refractivity contribution >= 4 is 12.1 Å². The van der Waals surface area contributed by atoms with Gasteiger partial charge in [0.05, 0.1) is 0 Å². The van der Waals surface area contributed by atoms with Crippen LogP contribution < -0.4 is 5.32 Å². The quantitative estimate of drug-likeness (QED) is 0.858. The Bertz CT molecular complexity index is 567. The molecule has 0 radical (unpaired) electrons. The Balaban J connectivity index is 3.05. The third kappa shape index (κ3) is 6.72. The third-order valence-corrected chi connectivity index (χ3v) is 2.80. The average Bonchev–Trinajstić information content (AvgIpc) is 2.32. The molecule has 0 aromatic heterocycles. The van der Waals surface area contributed by atoms with Crippen LogP contribution in [0.5, 0.6) is 0 Å². The molecule has 5 heteroatoms. The van der Waals surface area contributed by atoms with Crippen LogP contribution in [0.4, 0.5) is 4.79 Å². The molecule has 1 rings (SSSR count). The molecule has 1 amide bonds. The lowest BCUT2D eigenvalue weighted by atomic mass is 10.0. The van der Waals surface area contributed by atoms with Crippen molar-refractivity contribution < 1.29 is 19.1 Å². The Morgan fingerprint density at radius 2 is 1.48 bits per heavy atom. The van der Waals surface area contributed by atoms with Crippen molar-refractivity contribution in [1.82, 2.24) is 5.32 Å². The van der Waals surface area contributed by atoms with E-state index in [4.69, 9.17) is 9.47 Å². The maximum Gasteiger partial charge on any atom is 0.408 e. The van der Waals surface area contributed by atoms with Gasteiger partial charge in [-0.25, -0.2) is 9.59 Å². The van der Waals surface area contributed by atoms with Gasteiger partial charge in [-0.2, -0.15) is 0 Å². The Morgan fingerprint density at radius 3 is 1.96 bits per heavy atom. The summed E-state index contributed by atoms with van der Waals surface area (Å²) in [6, 6.07) is 6.45. The van der Waals surface area contributed by atoms with Gasteiger partial charge >= 0.3 is 12.1 Å². The van der Waals surface area contributed by atoms with Crippen molar-refractivity contribution in [2.75, 3.05) is 0 Å². The molecule has 0 spiro atoms. The monoisotopic (exact) mass is 321 g/mol. The molecule has 0 aliphatic rings. The zero-order valence-electron chi connectivity index (χ0n) is 15.0. The van der Waals surface area contributed by atoms with Crippen LogP contribution in [-0.2, 0) is 14.3 Å². The predicted molar refractivity (Wildman–Crippen MR) is 89.1 cm³/mol. The summed E-state index contributed by atoms with van der Waals surface area (Å²) < 4.78 is 10.7. The van der Waals surface area contributed by atoms with E-state index in [2.05, 4.69) is 5.32 Å². The van der Waals surface area contributed by atoms with E-state index in [0.717, 1.165) is 5.56 Å². The van der Waals surface area contributed by atoms with Crippen molar-refractivity contribution in [3.63, 3.8) is 0 Å². The first-order valence-corrected chi connectivity index (χ1v) is 7.67. The van der Waals surface area contributed by atoms with Crippen LogP contribution in [-0.4, -0.2) is 23.3 Å². The minimum absolute atomic E-state index is 0.516. The van der Waals surface area contributed by atoms with Gasteiger partial charge in [-0.15, -0.1) is 0 Å². The highest BCUT2D eigenvalue weighted by atomic mass is 16.6. The zero-order chi connectivity index (χ0) is 17.8. The van der Waals surface area contributed by atoms with Crippen molar-refractivity contribution in [3.8, 4) is 0 Å². The van der Waals surface area contributed by atoms with E-state index in [1.165, 1.54) is 0 Å². The molecular formula is C18H27NO4. The molecule has 0 saturated carbocycles. The van der Waals surface area contributed by atoms with E-state index in [1.54, 1.807) is 47.6 Å². The molecule has 0 aliphatic carbocycles. The molecule has 1 atom stereocenters. The molecule has 1 N–H and O–H groups in total. The smallest absolute Gasteiger partial charge is 0.408 e. The highest BCUT2D eigenvalue weighted by molar-refractivity contribution is 5.83. The van der Waals surface area contributed by atoms with Crippen LogP contribution in [0.2, 0.25) is 0 Å². The molecule has 0 aliphatic heterocycles. The van der Waals surface area contributed by atoms with Gasteiger partial charge in [0.25, 0.3) is 0 Å². The van der Waals surface area contributed by atoms with E-state index >= 15 is 0 Å². The lowest BCUT2D eigenvalue weighted by Crippen LogP contribution is -2.40. The van der Waals surface area contributed by atoms with Gasteiger partial charge in [0.1, 0.15) is 11.2 Å². The van der Waals surface area contributed by atoms with Gasteiger partial charge in [-0.3, -0.25) is 0 Å². The minimum Gasteiger partial charge on any atom is -0.458 e. The molecule has 0 unspecified atom stereocenters. The summed E-state index contributed by atoms with van der Waals surface area (Å²) in [7, 11) is 0. The molecule has 0 bridgehead atoms. The largest absolute Gasteiger partial charge is 0.458 e. The van der Waals surface area contributed by atoms with Gasteiger partial charge in [-0.05, 0) is 59.6 Å². The Kier molecular flexibility index (Phi) is 5.81. The number of hydrogen-bond acceptors (Lipinski definition) is 4. The van der Waals surface area contributed by atoms with E-state index in [0.29, 0.717) is 5.56 Å². The number of esters is 1. The fourth-order valence-electron chi connectivity index (χ4n) is 1.96. The molecular weight excluding hydrogens is 294 g/mol. The van der Waals surface area contributed by atoms with E-state index in [9.17, 15) is 9.59 Å². The maximum absolute atomic E-state index is 12.5. The lowest BCUT2D eigenvalue weighted by Gasteiger charge is -2.27. The molecule has 0 fully saturated rings. The number of carbonyl (C=O) groups excluding carboxylic acids is 2. The highest BCUT2D eigenvalue weighted by Gasteiger charge is 2.30. The van der Waals surface area contributed by atoms with Crippen molar-refractivity contribution in [2.24, 2.45) is 0 Å². The summed E-state index contributed by atoms with van der Waals surface area (Å²) in [5.41, 5.74) is 0.286. The number of hydrogen-bond donors (Lipinski definition) is 1. The van der Waals surface area contributed by atoms with Crippen LogP contribution in [0.3, 0.4) is 0 Å². The summed E-state index contributed by atoms with van der Waals surface area (Å²) in [5, 5.41) is 2.62. The van der Waals surface area contributed by atoms with Crippen molar-refractivity contribution in [3.05, 3.63) is 35.4 Å². The number of nitrogens with one attached hydrogen (secondary N) is 1. The van der Waals surface area contributed by atoms with Crippen molar-refractivity contribution in [1.29, 1.82) is 0 Å². The summed E-state index contributed by atoms with van der Waals surface area (Å²) >= 11 is 0. The van der Waals surface area contributed by atoms with E-state index in [1.807, 2.05) is 25.1 Å². The average molecular weight is 321 g/mol. The fraction of sp³-hybridized carbons (Fsp3) is 0.556. The SMILES string of the molecule is Cc1ccccc1[C@@H](NC(=O)OC(C)(C)C)C(=O)OC(C)(C)C. The van der Waals surface area contributed by atoms with Crippen molar-refractivity contribution in [2.45, 2.75) is 65.7 Å². The first kappa shape index (κ1) is 19.0. The van der Waals surface area contributed by atoms with Gasteiger partial charge in [-0.1, -0.05) is 24.3 Å². The topological polar surface area (TPSA) is 64.6 Å². The minimum atomic E-state index is -0.912. The normalized spacial score (nSPS) is 13.2. The molecule has 1 aromatic carbocycles. The standard InChI is InChI=1S/C18H27NO4/c1-12-10-8-9-11-13(12)14(15(20)22-17(2,3)4)19-16(21)23-18(5,6)7/h8-11,14H,1-7H3,(H,19,21)/t14-/m1/s1. The molecule has 23 heavy (non-hydrogen) atoms. The molecule has 1 aromatic rings. The van der Waals surface area contributed by atoms with Crippen LogP contribution in [0.15, 0.2) is 24.3 Å². The second kappa shape index (κ2) is 7.02. The highest BCUT2D eigenvalue weighted by Crippen LogP contribution is 2.22. The Hall–Kier alpha value is -2.04. The fourth-order valence-corrected chi connectivity index (χ4v) is 1.96. The van der Waals surface area contributed by atoms with Gasteiger partial charge < -0.3 is 14.8 Å². The van der Waals surface area contributed by atoms with Gasteiger partial charge in [0, 0.05) is 0 Å². The zero-order valence-corrected chi connectivity index (χ0v) is 15.0. The van der Waals surface area contributed by atoms with Crippen LogP contribution in [0.1, 0.15) is 58.7 Å². The lowest BCUT2D eigenvalue weighted by molar-refractivity contribution is -0.157. The maximum atomic E-state index is 12.5. The summed E-state index contributed by atoms with van der Waals surface area (Å²) in [4.78, 5) is 24.6. The molecule has 0 saturated heterocycles. The number of aryl methyl sites for hydroxylation is 1. The number of amides is 1. The van der Waals surface area contributed by atoms with E-state index < -0.39 is 29.3 Å².